The second-order valence-corrected chi connectivity index (χ2v) is 10.5. The summed E-state index contributed by atoms with van der Waals surface area (Å²) in [7, 11) is -1.96. The molecule has 2 aromatic carbocycles. The standard InChI is InChI=1S/C25H29N3O6S/c1-17(29)27-18-9-11-20(12-10-18)35(32,33)26-14-13-24(31)34-16-19(30)15-23-25(2,3)21-7-5-6-8-22(21)28(23)4/h5-12,15,26H,13-14,16H2,1-4H3,(H,27,29)/b23-15-. The quantitative estimate of drug-likeness (QED) is 0.402. The molecule has 2 aromatic rings. The third-order valence-electron chi connectivity index (χ3n) is 5.72. The van der Waals surface area contributed by atoms with Gasteiger partial charge in [0.25, 0.3) is 0 Å². The van der Waals surface area contributed by atoms with Crippen molar-refractivity contribution in [3.8, 4) is 0 Å². The van der Waals surface area contributed by atoms with E-state index in [2.05, 4.69) is 10.0 Å². The van der Waals surface area contributed by atoms with E-state index >= 15 is 0 Å². The van der Waals surface area contributed by atoms with Crippen LogP contribution in [0.15, 0.2) is 65.2 Å². The van der Waals surface area contributed by atoms with E-state index in [0.717, 1.165) is 16.9 Å². The molecule has 10 heteroatoms. The largest absolute Gasteiger partial charge is 0.457 e. The van der Waals surface area contributed by atoms with Crippen molar-refractivity contribution in [2.24, 2.45) is 0 Å². The molecule has 35 heavy (non-hydrogen) atoms. The number of sulfonamides is 1. The molecule has 0 radical (unpaired) electrons. The molecular formula is C25H29N3O6S. The molecule has 1 aliphatic rings. The predicted molar refractivity (Wildman–Crippen MR) is 132 cm³/mol. The molecule has 0 saturated heterocycles. The number of ketones is 1. The summed E-state index contributed by atoms with van der Waals surface area (Å²) in [5, 5.41) is 2.55. The molecule has 0 atom stereocenters. The Morgan fingerprint density at radius 2 is 1.71 bits per heavy atom. The Morgan fingerprint density at radius 1 is 1.06 bits per heavy atom. The normalized spacial score (nSPS) is 15.5. The van der Waals surface area contributed by atoms with Crippen molar-refractivity contribution >= 4 is 39.1 Å². The number of fused-ring (bicyclic) bond motifs is 1. The van der Waals surface area contributed by atoms with Gasteiger partial charge < -0.3 is 15.0 Å². The highest BCUT2D eigenvalue weighted by Crippen LogP contribution is 2.46. The lowest BCUT2D eigenvalue weighted by Gasteiger charge is -2.23. The lowest BCUT2D eigenvalue weighted by Crippen LogP contribution is -2.27. The van der Waals surface area contributed by atoms with E-state index in [9.17, 15) is 22.8 Å². The number of nitrogens with zero attached hydrogens (tertiary/aromatic N) is 1. The summed E-state index contributed by atoms with van der Waals surface area (Å²) >= 11 is 0. The van der Waals surface area contributed by atoms with E-state index in [4.69, 9.17) is 4.74 Å². The summed E-state index contributed by atoms with van der Waals surface area (Å²) < 4.78 is 32.1. The highest BCUT2D eigenvalue weighted by molar-refractivity contribution is 7.89. The first-order valence-electron chi connectivity index (χ1n) is 11.0. The monoisotopic (exact) mass is 499 g/mol. The highest BCUT2D eigenvalue weighted by atomic mass is 32.2. The van der Waals surface area contributed by atoms with Gasteiger partial charge in [0.2, 0.25) is 15.9 Å². The molecule has 0 aromatic heterocycles. The fourth-order valence-electron chi connectivity index (χ4n) is 3.97. The number of likely N-dealkylation sites (N-methyl/N-ethyl adjacent to an activating group) is 1. The zero-order chi connectivity index (χ0) is 25.8. The van der Waals surface area contributed by atoms with Gasteiger partial charge in [-0.3, -0.25) is 14.4 Å². The molecular weight excluding hydrogens is 470 g/mol. The van der Waals surface area contributed by atoms with Gasteiger partial charge in [0.05, 0.1) is 11.3 Å². The first-order chi connectivity index (χ1) is 16.4. The van der Waals surface area contributed by atoms with Crippen LogP contribution in [0.3, 0.4) is 0 Å². The fraction of sp³-hybridized carbons (Fsp3) is 0.320. The molecule has 0 saturated carbocycles. The third-order valence-corrected chi connectivity index (χ3v) is 7.20. The van der Waals surface area contributed by atoms with Crippen LogP contribution in [-0.2, 0) is 34.6 Å². The van der Waals surface area contributed by atoms with Gasteiger partial charge >= 0.3 is 5.97 Å². The number of allylic oxidation sites excluding steroid dienone is 1. The fourth-order valence-corrected chi connectivity index (χ4v) is 5.00. The number of hydrogen-bond acceptors (Lipinski definition) is 7. The molecule has 0 bridgehead atoms. The van der Waals surface area contributed by atoms with E-state index in [1.54, 1.807) is 0 Å². The Morgan fingerprint density at radius 3 is 2.34 bits per heavy atom. The zero-order valence-corrected chi connectivity index (χ0v) is 20.9. The van der Waals surface area contributed by atoms with Gasteiger partial charge in [-0.25, -0.2) is 13.1 Å². The van der Waals surface area contributed by atoms with Gasteiger partial charge in [0.15, 0.2) is 12.4 Å². The molecule has 186 valence electrons. The van der Waals surface area contributed by atoms with E-state index in [1.807, 2.05) is 50.1 Å². The van der Waals surface area contributed by atoms with Crippen LogP contribution in [0.2, 0.25) is 0 Å². The maximum absolute atomic E-state index is 12.5. The van der Waals surface area contributed by atoms with Gasteiger partial charge in [0, 0.05) is 49.1 Å². The van der Waals surface area contributed by atoms with Gasteiger partial charge in [-0.1, -0.05) is 32.0 Å². The van der Waals surface area contributed by atoms with Crippen LogP contribution in [0.4, 0.5) is 11.4 Å². The average molecular weight is 500 g/mol. The van der Waals surface area contributed by atoms with Crippen LogP contribution < -0.4 is 14.9 Å². The number of carbonyl (C=O) groups excluding carboxylic acids is 3. The lowest BCUT2D eigenvalue weighted by atomic mass is 9.83. The Hall–Kier alpha value is -3.50. The predicted octanol–water partition coefficient (Wildman–Crippen LogP) is 2.74. The van der Waals surface area contributed by atoms with Crippen LogP contribution >= 0.6 is 0 Å². The number of amides is 1. The van der Waals surface area contributed by atoms with E-state index < -0.39 is 22.6 Å². The molecule has 2 N–H and O–H groups in total. The molecule has 0 spiro atoms. The molecule has 0 fully saturated rings. The van der Waals surface area contributed by atoms with Crippen molar-refractivity contribution in [3.63, 3.8) is 0 Å². The molecule has 0 unspecified atom stereocenters. The number of benzene rings is 2. The smallest absolute Gasteiger partial charge is 0.307 e. The maximum Gasteiger partial charge on any atom is 0.307 e. The van der Waals surface area contributed by atoms with Crippen molar-refractivity contribution in [1.82, 2.24) is 4.72 Å². The number of rotatable bonds is 9. The Kier molecular flexibility index (Phi) is 7.76. The van der Waals surface area contributed by atoms with E-state index in [1.165, 1.54) is 37.3 Å². The minimum Gasteiger partial charge on any atom is -0.457 e. The molecule has 1 heterocycles. The second kappa shape index (κ2) is 10.4. The summed E-state index contributed by atoms with van der Waals surface area (Å²) in [5.74, 6) is -1.32. The number of hydrogen-bond donors (Lipinski definition) is 2. The highest BCUT2D eigenvalue weighted by Gasteiger charge is 2.38. The van der Waals surface area contributed by atoms with Crippen molar-refractivity contribution < 1.29 is 27.5 Å². The van der Waals surface area contributed by atoms with Crippen molar-refractivity contribution in [2.75, 3.05) is 30.4 Å². The van der Waals surface area contributed by atoms with Crippen molar-refractivity contribution in [3.05, 3.63) is 65.9 Å². The minimum absolute atomic E-state index is 0.00827. The average Bonchev–Trinajstić information content (AvgIpc) is 2.98. The number of nitrogens with one attached hydrogen (secondary N) is 2. The summed E-state index contributed by atoms with van der Waals surface area (Å²) in [4.78, 5) is 37.5. The number of para-hydroxylation sites is 1. The van der Waals surface area contributed by atoms with E-state index in [0.29, 0.717) is 5.69 Å². The molecule has 1 amide bonds. The maximum atomic E-state index is 12.5. The van der Waals surface area contributed by atoms with Gasteiger partial charge in [-0.2, -0.15) is 0 Å². The van der Waals surface area contributed by atoms with Gasteiger partial charge in [-0.15, -0.1) is 0 Å². The van der Waals surface area contributed by atoms with Crippen molar-refractivity contribution in [2.45, 2.75) is 37.5 Å². The molecule has 9 nitrogen and oxygen atoms in total. The van der Waals surface area contributed by atoms with E-state index in [-0.39, 0.29) is 35.0 Å². The molecule has 0 aliphatic carbocycles. The van der Waals surface area contributed by atoms with Gasteiger partial charge in [-0.05, 0) is 35.9 Å². The van der Waals surface area contributed by atoms with Crippen LogP contribution in [0, 0.1) is 0 Å². The minimum atomic E-state index is -3.85. The van der Waals surface area contributed by atoms with Crippen LogP contribution in [0.25, 0.3) is 0 Å². The van der Waals surface area contributed by atoms with Gasteiger partial charge in [0.1, 0.15) is 0 Å². The van der Waals surface area contributed by atoms with Crippen LogP contribution in [0.1, 0.15) is 32.8 Å². The number of ether oxygens (including phenoxy) is 1. The molecule has 1 aliphatic heterocycles. The van der Waals surface area contributed by atoms with Crippen LogP contribution in [0.5, 0.6) is 0 Å². The SMILES string of the molecule is CC(=O)Nc1ccc(S(=O)(=O)NCCC(=O)OCC(=O)/C=C2\N(C)c3ccccc3C2(C)C)cc1. The first-order valence-corrected chi connectivity index (χ1v) is 12.5. The van der Waals surface area contributed by atoms with Crippen molar-refractivity contribution in [1.29, 1.82) is 0 Å². The topological polar surface area (TPSA) is 122 Å². The summed E-state index contributed by atoms with van der Waals surface area (Å²) in [6, 6.07) is 13.5. The third kappa shape index (κ3) is 6.14. The summed E-state index contributed by atoms with van der Waals surface area (Å²) in [6.45, 7) is 4.79. The number of esters is 1. The summed E-state index contributed by atoms with van der Waals surface area (Å²) in [5.41, 5.74) is 3.03. The first kappa shape index (κ1) is 26.1. The Labute approximate surface area is 205 Å². The summed E-state index contributed by atoms with van der Waals surface area (Å²) in [6.07, 6.45) is 1.25. The number of carbonyl (C=O) groups is 3. The lowest BCUT2D eigenvalue weighted by molar-refractivity contribution is -0.146. The molecule has 3 rings (SSSR count). The zero-order valence-electron chi connectivity index (χ0n) is 20.1. The Balaban J connectivity index is 1.49. The Bertz CT molecular complexity index is 1270. The van der Waals surface area contributed by atoms with Crippen LogP contribution in [-0.4, -0.2) is 46.3 Å². The second-order valence-electron chi connectivity index (χ2n) is 8.71. The number of anilines is 2.